The molecule has 78 valence electrons. The van der Waals surface area contributed by atoms with Crippen LogP contribution in [0.15, 0.2) is 24.4 Å². The van der Waals surface area contributed by atoms with Gasteiger partial charge < -0.3 is 5.73 Å². The summed E-state index contributed by atoms with van der Waals surface area (Å²) in [6.07, 6.45) is 1.60. The molecule has 0 fully saturated rings. The number of hydrogen-bond acceptors (Lipinski definition) is 2. The molecule has 5 heteroatoms. The number of aromatic nitrogens is 2. The van der Waals surface area contributed by atoms with E-state index in [1.54, 1.807) is 23.0 Å². The normalized spacial score (nSPS) is 10.6. The van der Waals surface area contributed by atoms with E-state index < -0.39 is 0 Å². The molecule has 0 atom stereocenters. The van der Waals surface area contributed by atoms with E-state index in [1.807, 2.05) is 13.1 Å². The van der Waals surface area contributed by atoms with Crippen molar-refractivity contribution in [2.24, 2.45) is 7.05 Å². The first-order valence-corrected chi connectivity index (χ1v) is 5.08. The quantitative estimate of drug-likeness (QED) is 0.835. The monoisotopic (exact) mass is 241 g/mol. The molecule has 2 N–H and O–H groups in total. The Morgan fingerprint density at radius 3 is 2.60 bits per heavy atom. The Morgan fingerprint density at radius 2 is 2.07 bits per heavy atom. The summed E-state index contributed by atoms with van der Waals surface area (Å²) >= 11 is 11.9. The molecule has 1 aromatic heterocycles. The van der Waals surface area contributed by atoms with Gasteiger partial charge in [-0.25, -0.2) is 0 Å². The van der Waals surface area contributed by atoms with Crippen molar-refractivity contribution >= 4 is 28.9 Å². The number of benzene rings is 1. The first kappa shape index (κ1) is 10.3. The second-order valence-corrected chi connectivity index (χ2v) is 4.04. The fourth-order valence-corrected chi connectivity index (χ4v) is 1.96. The number of rotatable bonds is 1. The van der Waals surface area contributed by atoms with Crippen molar-refractivity contribution in [1.29, 1.82) is 0 Å². The van der Waals surface area contributed by atoms with E-state index in [0.717, 1.165) is 11.3 Å². The molecule has 0 unspecified atom stereocenters. The van der Waals surface area contributed by atoms with Gasteiger partial charge in [0.1, 0.15) is 0 Å². The second-order valence-electron chi connectivity index (χ2n) is 3.20. The van der Waals surface area contributed by atoms with E-state index >= 15 is 0 Å². The van der Waals surface area contributed by atoms with E-state index in [-0.39, 0.29) is 0 Å². The van der Waals surface area contributed by atoms with Gasteiger partial charge in [0, 0.05) is 17.6 Å². The third-order valence-corrected chi connectivity index (χ3v) is 2.70. The highest BCUT2D eigenvalue weighted by atomic mass is 35.5. The summed E-state index contributed by atoms with van der Waals surface area (Å²) < 4.78 is 1.68. The van der Waals surface area contributed by atoms with E-state index in [1.165, 1.54) is 0 Å². The van der Waals surface area contributed by atoms with Crippen LogP contribution in [0.1, 0.15) is 0 Å². The number of hydrogen-bond donors (Lipinski definition) is 1. The van der Waals surface area contributed by atoms with Crippen molar-refractivity contribution in [3.05, 3.63) is 34.4 Å². The van der Waals surface area contributed by atoms with Gasteiger partial charge in [-0.3, -0.25) is 4.68 Å². The molecule has 0 radical (unpaired) electrons. The summed E-state index contributed by atoms with van der Waals surface area (Å²) in [5.74, 6) is 0. The van der Waals surface area contributed by atoms with Crippen LogP contribution in [0.2, 0.25) is 10.0 Å². The first-order valence-electron chi connectivity index (χ1n) is 4.32. The van der Waals surface area contributed by atoms with Gasteiger partial charge in [0.05, 0.1) is 22.6 Å². The van der Waals surface area contributed by atoms with Crippen LogP contribution in [-0.4, -0.2) is 9.78 Å². The zero-order valence-corrected chi connectivity index (χ0v) is 9.55. The summed E-state index contributed by atoms with van der Waals surface area (Å²) in [7, 11) is 1.82. The molecule has 1 aromatic carbocycles. The third-order valence-electron chi connectivity index (χ3n) is 2.15. The molecular weight excluding hydrogens is 233 g/mol. The van der Waals surface area contributed by atoms with Crippen molar-refractivity contribution in [2.75, 3.05) is 5.73 Å². The predicted molar refractivity (Wildman–Crippen MR) is 63.1 cm³/mol. The predicted octanol–water partition coefficient (Wildman–Crippen LogP) is 2.98. The van der Waals surface area contributed by atoms with Crippen LogP contribution in [-0.2, 0) is 7.05 Å². The Balaban J connectivity index is 2.64. The molecule has 0 bridgehead atoms. The summed E-state index contributed by atoms with van der Waals surface area (Å²) in [6.45, 7) is 0. The van der Waals surface area contributed by atoms with Crippen LogP contribution in [0.4, 0.5) is 5.69 Å². The maximum atomic E-state index is 6.08. The average Bonchev–Trinajstić information content (AvgIpc) is 2.48. The van der Waals surface area contributed by atoms with Crippen molar-refractivity contribution in [2.45, 2.75) is 0 Å². The lowest BCUT2D eigenvalue weighted by Crippen LogP contribution is -1.96. The molecule has 3 nitrogen and oxygen atoms in total. The van der Waals surface area contributed by atoms with Crippen molar-refractivity contribution in [3.63, 3.8) is 0 Å². The molecule has 2 rings (SSSR count). The fourth-order valence-electron chi connectivity index (χ4n) is 1.47. The summed E-state index contributed by atoms with van der Waals surface area (Å²) in [6, 6.07) is 5.29. The molecule has 0 aliphatic carbocycles. The van der Waals surface area contributed by atoms with Gasteiger partial charge in [-0.15, -0.1) is 0 Å². The standard InChI is InChI=1S/C10H9Cl2N3/c1-15-10(9(13)5-14-15)7-3-2-6(11)4-8(7)12/h2-5H,13H2,1H3. The lowest BCUT2D eigenvalue weighted by atomic mass is 10.1. The smallest absolute Gasteiger partial charge is 0.0923 e. The molecule has 0 spiro atoms. The molecule has 2 aromatic rings. The molecular formula is C10H9Cl2N3. The molecule has 1 heterocycles. The maximum absolute atomic E-state index is 6.08. The average molecular weight is 242 g/mol. The Bertz CT molecular complexity index is 486. The highest BCUT2D eigenvalue weighted by Crippen LogP contribution is 2.32. The van der Waals surface area contributed by atoms with Gasteiger partial charge >= 0.3 is 0 Å². The van der Waals surface area contributed by atoms with Gasteiger partial charge in [-0.2, -0.15) is 5.10 Å². The van der Waals surface area contributed by atoms with Crippen LogP contribution < -0.4 is 5.73 Å². The van der Waals surface area contributed by atoms with Gasteiger partial charge in [0.15, 0.2) is 0 Å². The van der Waals surface area contributed by atoms with E-state index in [9.17, 15) is 0 Å². The van der Waals surface area contributed by atoms with Crippen LogP contribution in [0.5, 0.6) is 0 Å². The molecule has 0 saturated carbocycles. The van der Waals surface area contributed by atoms with Crippen LogP contribution in [0.3, 0.4) is 0 Å². The van der Waals surface area contributed by atoms with Gasteiger partial charge in [-0.1, -0.05) is 23.2 Å². The molecule has 0 aliphatic heterocycles. The SMILES string of the molecule is Cn1ncc(N)c1-c1ccc(Cl)cc1Cl. The number of nitrogens with zero attached hydrogens (tertiary/aromatic N) is 2. The van der Waals surface area contributed by atoms with E-state index in [4.69, 9.17) is 28.9 Å². The Kier molecular flexibility index (Phi) is 2.59. The first-order chi connectivity index (χ1) is 7.09. The second kappa shape index (κ2) is 3.76. The lowest BCUT2D eigenvalue weighted by molar-refractivity contribution is 0.776. The maximum Gasteiger partial charge on any atom is 0.0923 e. The molecule has 0 amide bonds. The van der Waals surface area contributed by atoms with Crippen LogP contribution in [0.25, 0.3) is 11.3 Å². The number of halogens is 2. The van der Waals surface area contributed by atoms with E-state index in [2.05, 4.69) is 5.10 Å². The molecule has 15 heavy (non-hydrogen) atoms. The number of aryl methyl sites for hydroxylation is 1. The minimum atomic E-state index is 0.567. The van der Waals surface area contributed by atoms with Crippen LogP contribution in [0, 0.1) is 0 Å². The Hall–Kier alpha value is -1.19. The largest absolute Gasteiger partial charge is 0.396 e. The Morgan fingerprint density at radius 1 is 1.33 bits per heavy atom. The number of nitrogen functional groups attached to an aromatic ring is 1. The van der Waals surface area contributed by atoms with Crippen LogP contribution >= 0.6 is 23.2 Å². The van der Waals surface area contributed by atoms with Gasteiger partial charge in [-0.05, 0) is 18.2 Å². The zero-order chi connectivity index (χ0) is 11.0. The molecule has 0 aliphatic rings. The lowest BCUT2D eigenvalue weighted by Gasteiger charge is -2.06. The van der Waals surface area contributed by atoms with Gasteiger partial charge in [0.2, 0.25) is 0 Å². The number of anilines is 1. The summed E-state index contributed by atoms with van der Waals surface area (Å²) in [4.78, 5) is 0. The highest BCUT2D eigenvalue weighted by molar-refractivity contribution is 6.36. The van der Waals surface area contributed by atoms with E-state index in [0.29, 0.717) is 15.7 Å². The van der Waals surface area contributed by atoms with Gasteiger partial charge in [0.25, 0.3) is 0 Å². The summed E-state index contributed by atoms with van der Waals surface area (Å²) in [5, 5.41) is 5.22. The minimum absolute atomic E-state index is 0.567. The number of nitrogens with two attached hydrogens (primary N) is 1. The van der Waals surface area contributed by atoms with Crippen molar-refractivity contribution in [3.8, 4) is 11.3 Å². The molecule has 0 saturated heterocycles. The Labute approximate surface area is 97.4 Å². The highest BCUT2D eigenvalue weighted by Gasteiger charge is 2.11. The third kappa shape index (κ3) is 1.80. The summed E-state index contributed by atoms with van der Waals surface area (Å²) in [5.41, 5.74) is 8.04. The van der Waals surface area contributed by atoms with Crippen molar-refractivity contribution in [1.82, 2.24) is 9.78 Å². The van der Waals surface area contributed by atoms with Crippen molar-refractivity contribution < 1.29 is 0 Å². The fraction of sp³-hybridized carbons (Fsp3) is 0.100. The topological polar surface area (TPSA) is 43.8 Å². The zero-order valence-electron chi connectivity index (χ0n) is 8.04. The minimum Gasteiger partial charge on any atom is -0.396 e.